The summed E-state index contributed by atoms with van der Waals surface area (Å²) >= 11 is 0. The minimum absolute atomic E-state index is 0.156. The standard InChI is InChI=1S/C14H22N2O4S/c1-19-13-4-3-12(9-14(13)20-2)16-21(17,18)10-11-5-7-15-8-6-11/h3-4,9,11,15-16H,5-8,10H2,1-2H3. The Balaban J connectivity index is 2.05. The van der Waals surface area contributed by atoms with Gasteiger partial charge < -0.3 is 14.8 Å². The van der Waals surface area contributed by atoms with Crippen molar-refractivity contribution in [3.63, 3.8) is 0 Å². The van der Waals surface area contributed by atoms with Crippen LogP contribution in [-0.2, 0) is 10.0 Å². The van der Waals surface area contributed by atoms with Gasteiger partial charge in [0.05, 0.1) is 25.7 Å². The molecule has 0 aromatic heterocycles. The highest BCUT2D eigenvalue weighted by Gasteiger charge is 2.21. The highest BCUT2D eigenvalue weighted by molar-refractivity contribution is 7.92. The average Bonchev–Trinajstić information content (AvgIpc) is 2.47. The van der Waals surface area contributed by atoms with E-state index in [1.807, 2.05) is 0 Å². The van der Waals surface area contributed by atoms with E-state index >= 15 is 0 Å². The van der Waals surface area contributed by atoms with Crippen molar-refractivity contribution >= 4 is 15.7 Å². The Labute approximate surface area is 125 Å². The number of piperidine rings is 1. The van der Waals surface area contributed by atoms with Gasteiger partial charge in [-0.3, -0.25) is 4.72 Å². The van der Waals surface area contributed by atoms with Gasteiger partial charge in [0.2, 0.25) is 10.0 Å². The molecular formula is C14H22N2O4S. The Morgan fingerprint density at radius 2 is 1.86 bits per heavy atom. The molecule has 1 saturated heterocycles. The number of sulfonamides is 1. The molecular weight excluding hydrogens is 292 g/mol. The molecule has 0 amide bonds. The van der Waals surface area contributed by atoms with Crippen LogP contribution >= 0.6 is 0 Å². The number of hydrogen-bond donors (Lipinski definition) is 2. The fourth-order valence-corrected chi connectivity index (χ4v) is 4.00. The van der Waals surface area contributed by atoms with Gasteiger partial charge in [-0.1, -0.05) is 0 Å². The van der Waals surface area contributed by atoms with Gasteiger partial charge in [-0.25, -0.2) is 8.42 Å². The van der Waals surface area contributed by atoms with Crippen LogP contribution in [0, 0.1) is 5.92 Å². The maximum absolute atomic E-state index is 12.2. The van der Waals surface area contributed by atoms with Gasteiger partial charge in [-0.05, 0) is 44.0 Å². The van der Waals surface area contributed by atoms with Crippen LogP contribution in [-0.4, -0.2) is 41.5 Å². The van der Waals surface area contributed by atoms with E-state index in [0.29, 0.717) is 17.2 Å². The second-order valence-electron chi connectivity index (χ2n) is 5.15. The molecule has 118 valence electrons. The number of benzene rings is 1. The van der Waals surface area contributed by atoms with Gasteiger partial charge in [0.25, 0.3) is 0 Å². The van der Waals surface area contributed by atoms with E-state index in [1.165, 1.54) is 7.11 Å². The van der Waals surface area contributed by atoms with E-state index in [2.05, 4.69) is 10.0 Å². The van der Waals surface area contributed by atoms with Crippen molar-refractivity contribution in [3.05, 3.63) is 18.2 Å². The van der Waals surface area contributed by atoms with Gasteiger partial charge >= 0.3 is 0 Å². The Bertz CT molecular complexity index is 568. The summed E-state index contributed by atoms with van der Waals surface area (Å²) in [6.45, 7) is 1.77. The molecule has 0 atom stereocenters. The monoisotopic (exact) mass is 314 g/mol. The molecule has 1 fully saturated rings. The lowest BCUT2D eigenvalue weighted by Gasteiger charge is -2.22. The minimum atomic E-state index is -3.35. The molecule has 2 rings (SSSR count). The molecule has 0 saturated carbocycles. The maximum atomic E-state index is 12.2. The topological polar surface area (TPSA) is 76.7 Å². The fourth-order valence-electron chi connectivity index (χ4n) is 2.48. The van der Waals surface area contributed by atoms with Gasteiger partial charge in [-0.15, -0.1) is 0 Å². The number of rotatable bonds is 6. The van der Waals surface area contributed by atoms with E-state index in [1.54, 1.807) is 25.3 Å². The third kappa shape index (κ3) is 4.50. The molecule has 0 aliphatic carbocycles. The number of hydrogen-bond acceptors (Lipinski definition) is 5. The lowest BCUT2D eigenvalue weighted by Crippen LogP contribution is -2.33. The zero-order chi connectivity index (χ0) is 15.3. The van der Waals surface area contributed by atoms with Crippen molar-refractivity contribution in [2.24, 2.45) is 5.92 Å². The predicted molar refractivity (Wildman–Crippen MR) is 82.5 cm³/mol. The average molecular weight is 314 g/mol. The Morgan fingerprint density at radius 1 is 1.19 bits per heavy atom. The highest BCUT2D eigenvalue weighted by atomic mass is 32.2. The van der Waals surface area contributed by atoms with Crippen LogP contribution in [0.25, 0.3) is 0 Å². The molecule has 1 aromatic carbocycles. The Morgan fingerprint density at radius 3 is 2.48 bits per heavy atom. The molecule has 2 N–H and O–H groups in total. The van der Waals surface area contributed by atoms with E-state index < -0.39 is 10.0 Å². The SMILES string of the molecule is COc1ccc(NS(=O)(=O)CC2CCNCC2)cc1OC. The first kappa shape index (κ1) is 15.9. The summed E-state index contributed by atoms with van der Waals surface area (Å²) < 4.78 is 37.4. The molecule has 1 aliphatic heterocycles. The number of nitrogens with one attached hydrogen (secondary N) is 2. The van der Waals surface area contributed by atoms with Crippen LogP contribution in [0.1, 0.15) is 12.8 Å². The summed E-state index contributed by atoms with van der Waals surface area (Å²) in [7, 11) is -0.293. The Hall–Kier alpha value is -1.47. The van der Waals surface area contributed by atoms with E-state index in [0.717, 1.165) is 25.9 Å². The second kappa shape index (κ2) is 7.00. The van der Waals surface area contributed by atoms with Crippen LogP contribution in [0.5, 0.6) is 11.5 Å². The molecule has 1 aliphatic rings. The molecule has 0 spiro atoms. The minimum Gasteiger partial charge on any atom is -0.493 e. The predicted octanol–water partition coefficient (Wildman–Crippen LogP) is 1.45. The first-order valence-corrected chi connectivity index (χ1v) is 8.62. The molecule has 0 radical (unpaired) electrons. The first-order chi connectivity index (χ1) is 10.0. The van der Waals surface area contributed by atoms with Crippen molar-refractivity contribution in [3.8, 4) is 11.5 Å². The summed E-state index contributed by atoms with van der Waals surface area (Å²) in [5.74, 6) is 1.44. The fraction of sp³-hybridized carbons (Fsp3) is 0.571. The molecule has 6 nitrogen and oxygen atoms in total. The third-order valence-electron chi connectivity index (χ3n) is 3.57. The molecule has 21 heavy (non-hydrogen) atoms. The zero-order valence-electron chi connectivity index (χ0n) is 12.4. The van der Waals surface area contributed by atoms with Crippen molar-refractivity contribution in [1.29, 1.82) is 0 Å². The van der Waals surface area contributed by atoms with Crippen LogP contribution in [0.2, 0.25) is 0 Å². The van der Waals surface area contributed by atoms with Crippen molar-refractivity contribution in [2.45, 2.75) is 12.8 Å². The van der Waals surface area contributed by atoms with Gasteiger partial charge in [0.15, 0.2) is 11.5 Å². The summed E-state index contributed by atoms with van der Waals surface area (Å²) in [4.78, 5) is 0. The summed E-state index contributed by atoms with van der Waals surface area (Å²) in [6.07, 6.45) is 1.79. The van der Waals surface area contributed by atoms with E-state index in [4.69, 9.17) is 9.47 Å². The van der Waals surface area contributed by atoms with Crippen LogP contribution in [0.15, 0.2) is 18.2 Å². The van der Waals surface area contributed by atoms with E-state index in [9.17, 15) is 8.42 Å². The van der Waals surface area contributed by atoms with Crippen LogP contribution in [0.3, 0.4) is 0 Å². The van der Waals surface area contributed by atoms with Gasteiger partial charge in [0, 0.05) is 6.07 Å². The summed E-state index contributed by atoms with van der Waals surface area (Å²) in [5, 5.41) is 3.23. The molecule has 1 heterocycles. The van der Waals surface area contributed by atoms with Crippen molar-refractivity contribution < 1.29 is 17.9 Å². The zero-order valence-corrected chi connectivity index (χ0v) is 13.2. The Kier molecular flexibility index (Phi) is 5.30. The van der Waals surface area contributed by atoms with Crippen molar-refractivity contribution in [2.75, 3.05) is 37.8 Å². The van der Waals surface area contributed by atoms with Gasteiger partial charge in [0.1, 0.15) is 0 Å². The second-order valence-corrected chi connectivity index (χ2v) is 6.91. The van der Waals surface area contributed by atoms with Gasteiger partial charge in [-0.2, -0.15) is 0 Å². The maximum Gasteiger partial charge on any atom is 0.232 e. The quantitative estimate of drug-likeness (QED) is 0.831. The lowest BCUT2D eigenvalue weighted by atomic mass is 10.0. The molecule has 0 bridgehead atoms. The van der Waals surface area contributed by atoms with E-state index in [-0.39, 0.29) is 11.7 Å². The largest absolute Gasteiger partial charge is 0.493 e. The number of anilines is 1. The normalized spacial score (nSPS) is 16.5. The molecule has 1 aromatic rings. The van der Waals surface area contributed by atoms with Crippen molar-refractivity contribution in [1.82, 2.24) is 5.32 Å². The lowest BCUT2D eigenvalue weighted by molar-refractivity contribution is 0.355. The number of ether oxygens (including phenoxy) is 2. The smallest absolute Gasteiger partial charge is 0.232 e. The van der Waals surface area contributed by atoms with Crippen LogP contribution in [0.4, 0.5) is 5.69 Å². The molecule has 0 unspecified atom stereocenters. The summed E-state index contributed by atoms with van der Waals surface area (Å²) in [5.41, 5.74) is 0.488. The third-order valence-corrected chi connectivity index (χ3v) is 5.03. The number of methoxy groups -OCH3 is 2. The molecule has 7 heteroatoms. The highest BCUT2D eigenvalue weighted by Crippen LogP contribution is 2.30. The summed E-state index contributed by atoms with van der Waals surface area (Å²) in [6, 6.07) is 4.97. The van der Waals surface area contributed by atoms with Crippen LogP contribution < -0.4 is 19.5 Å². The first-order valence-electron chi connectivity index (χ1n) is 6.97.